The Hall–Kier alpha value is -0.730. The van der Waals surface area contributed by atoms with Gasteiger partial charge < -0.3 is 29.4 Å². The highest BCUT2D eigenvalue weighted by Crippen LogP contribution is 2.24. The third-order valence-corrected chi connectivity index (χ3v) is 2.88. The number of aliphatic hydroxyl groups excluding tert-OH is 1. The van der Waals surface area contributed by atoms with Gasteiger partial charge in [-0.2, -0.15) is 0 Å². The molecule has 0 aromatic rings. The van der Waals surface area contributed by atoms with Gasteiger partial charge in [0, 0.05) is 28.3 Å². The molecule has 2 N–H and O–H groups in total. The van der Waals surface area contributed by atoms with Crippen LogP contribution in [0.1, 0.15) is 6.92 Å². The molecule has 5 atom stereocenters. The highest BCUT2D eigenvalue weighted by Gasteiger charge is 2.46. The van der Waals surface area contributed by atoms with Crippen molar-refractivity contribution < 1.29 is 28.8 Å². The molecule has 0 radical (unpaired) electrons. The van der Waals surface area contributed by atoms with Crippen LogP contribution < -0.4 is 5.32 Å². The zero-order valence-electron chi connectivity index (χ0n) is 11.1. The Kier molecular flexibility index (Phi) is 5.97. The van der Waals surface area contributed by atoms with E-state index in [9.17, 15) is 9.90 Å². The van der Waals surface area contributed by atoms with Crippen molar-refractivity contribution in [2.45, 2.75) is 37.6 Å². The summed E-state index contributed by atoms with van der Waals surface area (Å²) >= 11 is 0. The Balaban J connectivity index is 2.84. The number of hydrogen-bond acceptors (Lipinski definition) is 6. The fraction of sp³-hybridized carbons (Fsp3) is 0.909. The Morgan fingerprint density at radius 1 is 1.33 bits per heavy atom. The molecule has 1 fully saturated rings. The second-order valence-corrected chi connectivity index (χ2v) is 4.15. The number of hydrogen-bond donors (Lipinski definition) is 2. The summed E-state index contributed by atoms with van der Waals surface area (Å²) in [6, 6.07) is -0.569. The van der Waals surface area contributed by atoms with E-state index in [1.807, 2.05) is 0 Å². The summed E-state index contributed by atoms with van der Waals surface area (Å²) in [4.78, 5) is 11.2. The van der Waals surface area contributed by atoms with E-state index in [2.05, 4.69) is 5.32 Å². The molecular weight excluding hydrogens is 242 g/mol. The number of nitrogens with one attached hydrogen (secondary N) is 1. The third-order valence-electron chi connectivity index (χ3n) is 2.88. The molecule has 1 amide bonds. The zero-order chi connectivity index (χ0) is 13.7. The SMILES string of the molecule is COC[C@H]1O[C@H](OC)[C@@H](NC(C)=O)[C@@H](OC)[C@H]1O. The normalized spacial score (nSPS) is 36.4. The van der Waals surface area contributed by atoms with Crippen LogP contribution in [-0.2, 0) is 23.7 Å². The van der Waals surface area contributed by atoms with Gasteiger partial charge in [0.15, 0.2) is 6.29 Å². The number of rotatable bonds is 5. The molecule has 0 bridgehead atoms. The number of ether oxygens (including phenoxy) is 4. The maximum Gasteiger partial charge on any atom is 0.217 e. The molecule has 0 aromatic heterocycles. The van der Waals surface area contributed by atoms with Crippen molar-refractivity contribution in [3.8, 4) is 0 Å². The number of aliphatic hydroxyl groups is 1. The molecule has 7 nitrogen and oxygen atoms in total. The third kappa shape index (κ3) is 3.39. The van der Waals surface area contributed by atoms with Crippen LogP contribution in [0, 0.1) is 0 Å². The van der Waals surface area contributed by atoms with Crippen molar-refractivity contribution in [3.05, 3.63) is 0 Å². The molecule has 1 saturated heterocycles. The lowest BCUT2D eigenvalue weighted by atomic mass is 9.96. The fourth-order valence-corrected chi connectivity index (χ4v) is 2.09. The second-order valence-electron chi connectivity index (χ2n) is 4.15. The minimum Gasteiger partial charge on any atom is -0.388 e. The smallest absolute Gasteiger partial charge is 0.217 e. The van der Waals surface area contributed by atoms with E-state index in [-0.39, 0.29) is 12.5 Å². The number of carbonyl (C=O) groups is 1. The van der Waals surface area contributed by atoms with Gasteiger partial charge in [-0.25, -0.2) is 0 Å². The number of methoxy groups -OCH3 is 3. The summed E-state index contributed by atoms with van der Waals surface area (Å²) in [5, 5.41) is 12.8. The molecule has 0 unspecified atom stereocenters. The second kappa shape index (κ2) is 7.01. The molecule has 1 aliphatic rings. The van der Waals surface area contributed by atoms with Crippen LogP contribution in [0.5, 0.6) is 0 Å². The van der Waals surface area contributed by atoms with Crippen LogP contribution in [-0.4, -0.2) is 69.6 Å². The van der Waals surface area contributed by atoms with Crippen molar-refractivity contribution in [1.82, 2.24) is 5.32 Å². The van der Waals surface area contributed by atoms with Gasteiger partial charge in [-0.3, -0.25) is 4.79 Å². The van der Waals surface area contributed by atoms with Gasteiger partial charge in [0.1, 0.15) is 24.4 Å². The van der Waals surface area contributed by atoms with Gasteiger partial charge in [0.25, 0.3) is 0 Å². The van der Waals surface area contributed by atoms with Gasteiger partial charge in [-0.1, -0.05) is 0 Å². The van der Waals surface area contributed by atoms with Crippen LogP contribution in [0.4, 0.5) is 0 Å². The standard InChI is InChI=1S/C11H21NO6/c1-6(13)12-8-10(16-3)9(14)7(5-15-2)18-11(8)17-4/h7-11,14H,5H2,1-4H3,(H,12,13)/t7-,8+,9+,10-,11+/m1/s1. The first kappa shape index (κ1) is 15.3. The number of carbonyl (C=O) groups excluding carboxylic acids is 1. The molecule has 0 aliphatic carbocycles. The van der Waals surface area contributed by atoms with Crippen LogP contribution >= 0.6 is 0 Å². The largest absolute Gasteiger partial charge is 0.388 e. The van der Waals surface area contributed by atoms with Crippen molar-refractivity contribution in [1.29, 1.82) is 0 Å². The summed E-state index contributed by atoms with van der Waals surface area (Å²) in [6.07, 6.45) is -2.77. The van der Waals surface area contributed by atoms with Gasteiger partial charge in [0.2, 0.25) is 5.91 Å². The van der Waals surface area contributed by atoms with Gasteiger partial charge >= 0.3 is 0 Å². The molecule has 1 rings (SSSR count). The van der Waals surface area contributed by atoms with E-state index in [1.54, 1.807) is 0 Å². The van der Waals surface area contributed by atoms with E-state index in [0.717, 1.165) is 0 Å². The van der Waals surface area contributed by atoms with Crippen molar-refractivity contribution in [2.75, 3.05) is 27.9 Å². The van der Waals surface area contributed by atoms with Crippen molar-refractivity contribution >= 4 is 5.91 Å². The Morgan fingerprint density at radius 2 is 2.00 bits per heavy atom. The fourth-order valence-electron chi connectivity index (χ4n) is 2.09. The van der Waals surface area contributed by atoms with E-state index >= 15 is 0 Å². The monoisotopic (exact) mass is 263 g/mol. The molecule has 1 heterocycles. The first-order chi connectivity index (χ1) is 8.54. The minimum atomic E-state index is -0.904. The average Bonchev–Trinajstić information content (AvgIpc) is 2.32. The van der Waals surface area contributed by atoms with E-state index in [1.165, 1.54) is 28.3 Å². The highest BCUT2D eigenvalue weighted by atomic mass is 16.7. The summed E-state index contributed by atoms with van der Waals surface area (Å²) in [5.41, 5.74) is 0. The quantitative estimate of drug-likeness (QED) is 0.654. The predicted molar refractivity (Wildman–Crippen MR) is 62.0 cm³/mol. The highest BCUT2D eigenvalue weighted by molar-refractivity contribution is 5.73. The lowest BCUT2D eigenvalue weighted by Gasteiger charge is -2.43. The average molecular weight is 263 g/mol. The van der Waals surface area contributed by atoms with E-state index in [4.69, 9.17) is 18.9 Å². The maximum atomic E-state index is 11.2. The first-order valence-electron chi connectivity index (χ1n) is 5.70. The van der Waals surface area contributed by atoms with Gasteiger partial charge in [0.05, 0.1) is 6.61 Å². The van der Waals surface area contributed by atoms with Crippen molar-refractivity contribution in [2.24, 2.45) is 0 Å². The topological polar surface area (TPSA) is 86.2 Å². The lowest BCUT2D eigenvalue weighted by molar-refractivity contribution is -0.267. The summed E-state index contributed by atoms with van der Waals surface area (Å²) in [6.45, 7) is 1.60. The summed E-state index contributed by atoms with van der Waals surface area (Å²) in [5.74, 6) is -0.245. The van der Waals surface area contributed by atoms with E-state index in [0.29, 0.717) is 0 Å². The van der Waals surface area contributed by atoms with E-state index < -0.39 is 30.6 Å². The molecule has 106 valence electrons. The zero-order valence-corrected chi connectivity index (χ0v) is 11.1. The van der Waals surface area contributed by atoms with Crippen LogP contribution in [0.25, 0.3) is 0 Å². The Labute approximate surface area is 106 Å². The molecule has 0 spiro atoms. The molecular formula is C11H21NO6. The van der Waals surface area contributed by atoms with Gasteiger partial charge in [-0.15, -0.1) is 0 Å². The van der Waals surface area contributed by atoms with Crippen molar-refractivity contribution in [3.63, 3.8) is 0 Å². The molecule has 0 aromatic carbocycles. The first-order valence-corrected chi connectivity index (χ1v) is 5.70. The number of amides is 1. The Bertz CT molecular complexity index is 274. The molecule has 1 aliphatic heterocycles. The summed E-state index contributed by atoms with van der Waals surface area (Å²) in [7, 11) is 4.44. The minimum absolute atomic E-state index is 0.216. The van der Waals surface area contributed by atoms with Crippen LogP contribution in [0.15, 0.2) is 0 Å². The maximum absolute atomic E-state index is 11.2. The predicted octanol–water partition coefficient (Wildman–Crippen LogP) is -1.12. The lowest BCUT2D eigenvalue weighted by Crippen LogP contribution is -2.65. The molecule has 0 saturated carbocycles. The van der Waals surface area contributed by atoms with Gasteiger partial charge in [-0.05, 0) is 0 Å². The Morgan fingerprint density at radius 3 is 2.44 bits per heavy atom. The van der Waals surface area contributed by atoms with Crippen LogP contribution in [0.3, 0.4) is 0 Å². The van der Waals surface area contributed by atoms with Crippen LogP contribution in [0.2, 0.25) is 0 Å². The summed E-state index contributed by atoms with van der Waals surface area (Å²) < 4.78 is 20.9. The molecule has 7 heteroatoms. The molecule has 18 heavy (non-hydrogen) atoms.